The minimum atomic E-state index is -1.02. The number of halogens is 1. The number of nitrogens with zero attached hydrogens (tertiary/aromatic N) is 2. The third kappa shape index (κ3) is 3.78. The number of nitrogens with one attached hydrogen (secondary N) is 3. The minimum Gasteiger partial charge on any atom is -0.348 e. The third-order valence-electron chi connectivity index (χ3n) is 5.82. The molecule has 0 aromatic heterocycles. The number of methoxy groups -OCH3 is 1. The molecule has 0 aliphatic carbocycles. The van der Waals surface area contributed by atoms with Gasteiger partial charge in [-0.15, -0.1) is 0 Å². The quantitative estimate of drug-likeness (QED) is 0.660. The Morgan fingerprint density at radius 3 is 2.71 bits per heavy atom. The Balaban J connectivity index is 1.72. The number of guanidine groups is 1. The van der Waals surface area contributed by atoms with E-state index in [-0.39, 0.29) is 24.3 Å². The lowest BCUT2D eigenvalue weighted by Gasteiger charge is -2.24. The maximum absolute atomic E-state index is 12.8. The van der Waals surface area contributed by atoms with Crippen LogP contribution in [0.4, 0.5) is 0 Å². The first kappa shape index (κ1) is 21.3. The van der Waals surface area contributed by atoms with Crippen LogP contribution in [0.2, 0.25) is 5.02 Å². The summed E-state index contributed by atoms with van der Waals surface area (Å²) in [6.45, 7) is 2.50. The number of likely N-dealkylation sites (N-methyl/N-ethyl adjacent to an activating group) is 1. The Kier molecular flexibility index (Phi) is 5.47. The monoisotopic (exact) mass is 441 g/mol. The highest BCUT2D eigenvalue weighted by atomic mass is 35.5. The summed E-state index contributed by atoms with van der Waals surface area (Å²) < 4.78 is 5.36. The largest absolute Gasteiger partial charge is 0.348 e. The van der Waals surface area contributed by atoms with E-state index in [9.17, 15) is 9.59 Å². The molecule has 0 spiro atoms. The van der Waals surface area contributed by atoms with E-state index in [0.29, 0.717) is 11.6 Å². The van der Waals surface area contributed by atoms with E-state index in [1.807, 2.05) is 47.4 Å². The first-order valence-corrected chi connectivity index (χ1v) is 10.2. The van der Waals surface area contributed by atoms with Crippen LogP contribution >= 0.6 is 11.6 Å². The molecular weight excluding hydrogens is 418 g/mol. The molecule has 2 fully saturated rings. The fourth-order valence-corrected chi connectivity index (χ4v) is 4.24. The molecule has 2 heterocycles. The molecule has 2 aliphatic rings. The van der Waals surface area contributed by atoms with E-state index in [2.05, 4.69) is 10.6 Å². The molecular formula is C22H24ClN5O3. The second kappa shape index (κ2) is 7.96. The third-order valence-corrected chi connectivity index (χ3v) is 6.05. The van der Waals surface area contributed by atoms with Crippen LogP contribution in [-0.2, 0) is 26.4 Å². The molecule has 0 bridgehead atoms. The summed E-state index contributed by atoms with van der Waals surface area (Å²) in [7, 11) is 3.13. The molecule has 162 valence electrons. The van der Waals surface area contributed by atoms with Crippen molar-refractivity contribution in [3.63, 3.8) is 0 Å². The normalized spacial score (nSPS) is 23.9. The van der Waals surface area contributed by atoms with Gasteiger partial charge in [0.15, 0.2) is 12.3 Å². The molecule has 2 aliphatic heterocycles. The Morgan fingerprint density at radius 2 is 2.03 bits per heavy atom. The van der Waals surface area contributed by atoms with Crippen molar-refractivity contribution in [1.29, 1.82) is 5.41 Å². The molecule has 4 rings (SSSR count). The van der Waals surface area contributed by atoms with Crippen molar-refractivity contribution in [3.8, 4) is 11.1 Å². The van der Waals surface area contributed by atoms with Gasteiger partial charge in [-0.25, -0.2) is 4.90 Å². The molecule has 9 heteroatoms. The molecule has 0 saturated carbocycles. The standard InChI is InChI=1S/C22H24ClN5O3/c1-22(19(30)27(2)20(24)26-22)15-6-4-5-13(9-15)17-10-16(23)8-7-14(17)11-28-12-18(29)25-21(28)31-3/h4-10,21H,11-12H2,1-3H3,(H2,24,26)(H,25,29). The van der Waals surface area contributed by atoms with Crippen molar-refractivity contribution >= 4 is 29.4 Å². The molecule has 2 atom stereocenters. The van der Waals surface area contributed by atoms with E-state index in [0.717, 1.165) is 22.3 Å². The van der Waals surface area contributed by atoms with Crippen LogP contribution in [0.15, 0.2) is 42.5 Å². The summed E-state index contributed by atoms with van der Waals surface area (Å²) in [4.78, 5) is 27.8. The van der Waals surface area contributed by atoms with Crippen LogP contribution in [0, 0.1) is 5.41 Å². The van der Waals surface area contributed by atoms with E-state index in [4.69, 9.17) is 21.7 Å². The van der Waals surface area contributed by atoms with Crippen LogP contribution in [0.3, 0.4) is 0 Å². The van der Waals surface area contributed by atoms with Crippen LogP contribution in [0.25, 0.3) is 11.1 Å². The van der Waals surface area contributed by atoms with Gasteiger partial charge < -0.3 is 15.4 Å². The SMILES string of the molecule is COC1NC(=O)CN1Cc1ccc(Cl)cc1-c1cccc(C2(C)NC(=N)N(C)C2=O)c1. The van der Waals surface area contributed by atoms with Crippen molar-refractivity contribution in [2.24, 2.45) is 0 Å². The lowest BCUT2D eigenvalue weighted by Crippen LogP contribution is -2.40. The Hall–Kier alpha value is -2.94. The molecule has 2 saturated heterocycles. The zero-order valence-corrected chi connectivity index (χ0v) is 18.3. The molecule has 2 aromatic rings. The first-order valence-electron chi connectivity index (χ1n) is 9.83. The van der Waals surface area contributed by atoms with Gasteiger partial charge in [-0.05, 0) is 47.4 Å². The van der Waals surface area contributed by atoms with E-state index < -0.39 is 11.9 Å². The molecule has 0 radical (unpaired) electrons. The van der Waals surface area contributed by atoms with Crippen molar-refractivity contribution in [3.05, 3.63) is 58.6 Å². The number of hydrogen-bond acceptors (Lipinski definition) is 5. The summed E-state index contributed by atoms with van der Waals surface area (Å²) in [5, 5.41) is 14.3. The molecule has 2 aromatic carbocycles. The number of benzene rings is 2. The van der Waals surface area contributed by atoms with Gasteiger partial charge in [-0.2, -0.15) is 0 Å². The fourth-order valence-electron chi connectivity index (χ4n) is 4.07. The molecule has 3 N–H and O–H groups in total. The predicted molar refractivity (Wildman–Crippen MR) is 117 cm³/mol. The zero-order valence-electron chi connectivity index (χ0n) is 17.5. The molecule has 8 nitrogen and oxygen atoms in total. The molecule has 31 heavy (non-hydrogen) atoms. The average molecular weight is 442 g/mol. The van der Waals surface area contributed by atoms with Gasteiger partial charge in [-0.3, -0.25) is 19.9 Å². The van der Waals surface area contributed by atoms with Crippen molar-refractivity contribution in [2.75, 3.05) is 20.7 Å². The first-order chi connectivity index (χ1) is 14.7. The summed E-state index contributed by atoms with van der Waals surface area (Å²) in [6, 6.07) is 13.3. The zero-order chi connectivity index (χ0) is 22.3. The summed E-state index contributed by atoms with van der Waals surface area (Å²) in [5.41, 5.74) is 2.50. The van der Waals surface area contributed by atoms with E-state index in [1.54, 1.807) is 21.1 Å². The average Bonchev–Trinajstić information content (AvgIpc) is 3.21. The maximum atomic E-state index is 12.8. The van der Waals surface area contributed by atoms with Crippen LogP contribution in [0.1, 0.15) is 18.1 Å². The summed E-state index contributed by atoms with van der Waals surface area (Å²) >= 11 is 6.31. The number of hydrogen-bond donors (Lipinski definition) is 3. The smallest absolute Gasteiger partial charge is 0.259 e. The molecule has 2 unspecified atom stereocenters. The van der Waals surface area contributed by atoms with Gasteiger partial charge in [0.1, 0.15) is 5.54 Å². The van der Waals surface area contributed by atoms with Crippen LogP contribution in [0.5, 0.6) is 0 Å². The highest BCUT2D eigenvalue weighted by Gasteiger charge is 2.45. The minimum absolute atomic E-state index is 0.0677. The second-order valence-electron chi connectivity index (χ2n) is 7.91. The topological polar surface area (TPSA) is 97.8 Å². The number of carbonyl (C=O) groups excluding carboxylic acids is 2. The predicted octanol–water partition coefficient (Wildman–Crippen LogP) is 2.08. The van der Waals surface area contributed by atoms with Gasteiger partial charge >= 0.3 is 0 Å². The van der Waals surface area contributed by atoms with Gasteiger partial charge in [0.05, 0.1) is 6.54 Å². The van der Waals surface area contributed by atoms with Crippen LogP contribution in [-0.4, -0.2) is 54.6 Å². The highest BCUT2D eigenvalue weighted by molar-refractivity contribution is 6.30. The number of rotatable bonds is 5. The van der Waals surface area contributed by atoms with Gasteiger partial charge in [-0.1, -0.05) is 35.9 Å². The van der Waals surface area contributed by atoms with Crippen molar-refractivity contribution < 1.29 is 14.3 Å². The Labute approximate surface area is 185 Å². The van der Waals surface area contributed by atoms with Gasteiger partial charge in [0, 0.05) is 25.7 Å². The van der Waals surface area contributed by atoms with Crippen LogP contribution < -0.4 is 10.6 Å². The summed E-state index contributed by atoms with van der Waals surface area (Å²) in [6.07, 6.45) is -0.483. The van der Waals surface area contributed by atoms with E-state index in [1.165, 1.54) is 4.90 Å². The number of carbonyl (C=O) groups is 2. The highest BCUT2D eigenvalue weighted by Crippen LogP contribution is 2.34. The van der Waals surface area contributed by atoms with Gasteiger partial charge in [0.2, 0.25) is 5.91 Å². The number of amides is 2. The molecule has 2 amide bonds. The van der Waals surface area contributed by atoms with Crippen molar-refractivity contribution in [1.82, 2.24) is 20.4 Å². The maximum Gasteiger partial charge on any atom is 0.259 e. The fraction of sp³-hybridized carbons (Fsp3) is 0.318. The Bertz CT molecular complexity index is 1070. The van der Waals surface area contributed by atoms with E-state index >= 15 is 0 Å². The summed E-state index contributed by atoms with van der Waals surface area (Å²) in [5.74, 6) is -0.210. The lowest BCUT2D eigenvalue weighted by molar-refractivity contribution is -0.130. The second-order valence-corrected chi connectivity index (χ2v) is 8.34. The number of ether oxygens (including phenoxy) is 1. The van der Waals surface area contributed by atoms with Gasteiger partial charge in [0.25, 0.3) is 5.91 Å². The van der Waals surface area contributed by atoms with Crippen molar-refractivity contribution in [2.45, 2.75) is 25.4 Å². The Morgan fingerprint density at radius 1 is 1.26 bits per heavy atom. The lowest BCUT2D eigenvalue weighted by atomic mass is 9.88.